The number of amides is 1. The first kappa shape index (κ1) is 14.8. The third-order valence-electron chi connectivity index (χ3n) is 4.14. The van der Waals surface area contributed by atoms with Gasteiger partial charge in [-0.25, -0.2) is 0 Å². The van der Waals surface area contributed by atoms with E-state index >= 15 is 0 Å². The number of hydrogen-bond acceptors (Lipinski definition) is 4. The first-order valence-corrected chi connectivity index (χ1v) is 7.07. The van der Waals surface area contributed by atoms with Gasteiger partial charge in [-0.2, -0.15) is 5.10 Å². The first-order chi connectivity index (χ1) is 9.41. The highest BCUT2D eigenvalue weighted by Gasteiger charge is 2.35. The van der Waals surface area contributed by atoms with E-state index in [1.165, 1.54) is 0 Å². The number of nitrogens with two attached hydrogens (primary N) is 1. The molecule has 20 heavy (non-hydrogen) atoms. The molecule has 0 bridgehead atoms. The van der Waals surface area contributed by atoms with Crippen LogP contribution in [0, 0.1) is 0 Å². The SMILES string of the molecule is CCc1nn(C)c(C(=O)N2CCCC(C)(OC)C2)c1N. The lowest BCUT2D eigenvalue weighted by Gasteiger charge is -2.39. The Hall–Kier alpha value is -1.56. The topological polar surface area (TPSA) is 73.4 Å². The molecule has 2 heterocycles. The number of carbonyl (C=O) groups is 1. The number of aromatic nitrogens is 2. The number of hydrogen-bond donors (Lipinski definition) is 1. The Bertz CT molecular complexity index is 512. The zero-order valence-corrected chi connectivity index (χ0v) is 12.8. The van der Waals surface area contributed by atoms with Crippen molar-refractivity contribution in [2.45, 2.75) is 38.7 Å². The number of methoxy groups -OCH3 is 1. The van der Waals surface area contributed by atoms with Gasteiger partial charge in [-0.1, -0.05) is 6.92 Å². The minimum atomic E-state index is -0.269. The number of piperidine rings is 1. The van der Waals surface area contributed by atoms with Crippen LogP contribution in [0.1, 0.15) is 42.9 Å². The van der Waals surface area contributed by atoms with E-state index in [0.717, 1.165) is 31.5 Å². The Morgan fingerprint density at radius 1 is 1.55 bits per heavy atom. The van der Waals surface area contributed by atoms with E-state index in [2.05, 4.69) is 5.10 Å². The van der Waals surface area contributed by atoms with Crippen LogP contribution in [0.5, 0.6) is 0 Å². The smallest absolute Gasteiger partial charge is 0.274 e. The van der Waals surface area contributed by atoms with Gasteiger partial charge >= 0.3 is 0 Å². The second-order valence-electron chi connectivity index (χ2n) is 5.67. The molecular formula is C14H24N4O2. The summed E-state index contributed by atoms with van der Waals surface area (Å²) >= 11 is 0. The van der Waals surface area contributed by atoms with Crippen LogP contribution in [0.4, 0.5) is 5.69 Å². The van der Waals surface area contributed by atoms with Crippen molar-refractivity contribution < 1.29 is 9.53 Å². The number of ether oxygens (including phenoxy) is 1. The minimum absolute atomic E-state index is 0.0554. The number of rotatable bonds is 3. The molecular weight excluding hydrogens is 256 g/mol. The fraction of sp³-hybridized carbons (Fsp3) is 0.714. The van der Waals surface area contributed by atoms with Crippen LogP contribution in [0.2, 0.25) is 0 Å². The largest absolute Gasteiger partial charge is 0.395 e. The summed E-state index contributed by atoms with van der Waals surface area (Å²) in [6, 6.07) is 0. The van der Waals surface area contributed by atoms with Crippen LogP contribution in [0.25, 0.3) is 0 Å². The van der Waals surface area contributed by atoms with Gasteiger partial charge in [0.1, 0.15) is 5.69 Å². The number of nitrogens with zero attached hydrogens (tertiary/aromatic N) is 3. The zero-order valence-electron chi connectivity index (χ0n) is 12.8. The van der Waals surface area contributed by atoms with Crippen LogP contribution in [0.15, 0.2) is 0 Å². The standard InChI is InChI=1S/C14H24N4O2/c1-5-10-11(15)12(17(3)16-10)13(19)18-8-6-7-14(2,9-18)20-4/h5-9,15H2,1-4H3. The second-order valence-corrected chi connectivity index (χ2v) is 5.67. The van der Waals surface area contributed by atoms with Gasteiger partial charge in [0.15, 0.2) is 0 Å². The molecule has 0 aromatic carbocycles. The third kappa shape index (κ3) is 2.52. The summed E-state index contributed by atoms with van der Waals surface area (Å²) in [5.74, 6) is -0.0554. The van der Waals surface area contributed by atoms with E-state index in [0.29, 0.717) is 17.9 Å². The van der Waals surface area contributed by atoms with Gasteiger partial charge in [0.25, 0.3) is 5.91 Å². The molecule has 1 aliphatic rings. The Kier molecular flexibility index (Phi) is 4.04. The van der Waals surface area contributed by atoms with E-state index in [1.54, 1.807) is 18.8 Å². The Morgan fingerprint density at radius 3 is 2.80 bits per heavy atom. The fourth-order valence-electron chi connectivity index (χ4n) is 2.81. The summed E-state index contributed by atoms with van der Waals surface area (Å²) in [5, 5.41) is 4.31. The molecule has 6 nitrogen and oxygen atoms in total. The maximum Gasteiger partial charge on any atom is 0.274 e. The summed E-state index contributed by atoms with van der Waals surface area (Å²) in [4.78, 5) is 14.5. The van der Waals surface area contributed by atoms with Gasteiger partial charge in [-0.3, -0.25) is 9.48 Å². The monoisotopic (exact) mass is 280 g/mol. The van der Waals surface area contributed by atoms with Crippen molar-refractivity contribution in [3.05, 3.63) is 11.4 Å². The summed E-state index contributed by atoms with van der Waals surface area (Å²) in [6.45, 7) is 5.35. The van der Waals surface area contributed by atoms with Gasteiger partial charge in [0.05, 0.1) is 17.0 Å². The molecule has 1 aromatic rings. The number of nitrogen functional groups attached to an aromatic ring is 1. The lowest BCUT2D eigenvalue weighted by atomic mass is 9.94. The molecule has 6 heteroatoms. The summed E-state index contributed by atoms with van der Waals surface area (Å²) in [5.41, 5.74) is 7.56. The highest BCUT2D eigenvalue weighted by atomic mass is 16.5. The second kappa shape index (κ2) is 5.44. The van der Waals surface area contributed by atoms with Crippen molar-refractivity contribution in [3.8, 4) is 0 Å². The molecule has 2 rings (SSSR count). The number of likely N-dealkylation sites (tertiary alicyclic amines) is 1. The molecule has 1 fully saturated rings. The molecule has 1 atom stereocenters. The molecule has 0 saturated carbocycles. The Labute approximate surface area is 119 Å². The molecule has 1 aliphatic heterocycles. The molecule has 2 N–H and O–H groups in total. The molecule has 112 valence electrons. The predicted octanol–water partition coefficient (Wildman–Crippen LogP) is 1.21. The van der Waals surface area contributed by atoms with Crippen molar-refractivity contribution in [2.24, 2.45) is 7.05 Å². The van der Waals surface area contributed by atoms with E-state index < -0.39 is 0 Å². The van der Waals surface area contributed by atoms with Gasteiger partial charge in [0.2, 0.25) is 0 Å². The number of carbonyl (C=O) groups excluding carboxylic acids is 1. The molecule has 1 saturated heterocycles. The van der Waals surface area contributed by atoms with Crippen molar-refractivity contribution in [3.63, 3.8) is 0 Å². The van der Waals surface area contributed by atoms with E-state index in [9.17, 15) is 4.79 Å². The van der Waals surface area contributed by atoms with Crippen LogP contribution in [0.3, 0.4) is 0 Å². The first-order valence-electron chi connectivity index (χ1n) is 7.07. The maximum absolute atomic E-state index is 12.7. The van der Waals surface area contributed by atoms with Crippen LogP contribution >= 0.6 is 0 Å². The zero-order chi connectivity index (χ0) is 14.9. The normalized spacial score (nSPS) is 23.1. The van der Waals surface area contributed by atoms with Crippen molar-refractivity contribution in [1.82, 2.24) is 14.7 Å². The average molecular weight is 280 g/mol. The minimum Gasteiger partial charge on any atom is -0.395 e. The Morgan fingerprint density at radius 2 is 2.25 bits per heavy atom. The third-order valence-corrected chi connectivity index (χ3v) is 4.14. The maximum atomic E-state index is 12.7. The van der Waals surface area contributed by atoms with Gasteiger partial charge in [-0.15, -0.1) is 0 Å². The van der Waals surface area contributed by atoms with Crippen molar-refractivity contribution >= 4 is 11.6 Å². The number of aryl methyl sites for hydroxylation is 2. The van der Waals surface area contributed by atoms with E-state index in [1.807, 2.05) is 18.7 Å². The quantitative estimate of drug-likeness (QED) is 0.903. The summed E-state index contributed by atoms with van der Waals surface area (Å²) in [6.07, 6.45) is 2.63. The highest BCUT2D eigenvalue weighted by Crippen LogP contribution is 2.26. The van der Waals surface area contributed by atoms with Crippen LogP contribution in [-0.2, 0) is 18.2 Å². The van der Waals surface area contributed by atoms with Gasteiger partial charge in [-0.05, 0) is 26.2 Å². The van der Waals surface area contributed by atoms with Crippen molar-refractivity contribution in [1.29, 1.82) is 0 Å². The van der Waals surface area contributed by atoms with Crippen LogP contribution < -0.4 is 5.73 Å². The molecule has 1 aromatic heterocycles. The summed E-state index contributed by atoms with van der Waals surface area (Å²) < 4.78 is 7.13. The molecule has 0 radical (unpaired) electrons. The van der Waals surface area contributed by atoms with Gasteiger partial charge in [0, 0.05) is 27.2 Å². The fourth-order valence-corrected chi connectivity index (χ4v) is 2.81. The van der Waals surface area contributed by atoms with E-state index in [4.69, 9.17) is 10.5 Å². The molecule has 1 amide bonds. The average Bonchev–Trinajstić information content (AvgIpc) is 2.72. The van der Waals surface area contributed by atoms with Crippen molar-refractivity contribution in [2.75, 3.05) is 25.9 Å². The molecule has 1 unspecified atom stereocenters. The molecule has 0 aliphatic carbocycles. The van der Waals surface area contributed by atoms with Crippen LogP contribution in [-0.4, -0.2) is 46.4 Å². The lowest BCUT2D eigenvalue weighted by molar-refractivity contribution is -0.0442. The summed E-state index contributed by atoms with van der Waals surface area (Å²) in [7, 11) is 3.46. The predicted molar refractivity (Wildman–Crippen MR) is 77.5 cm³/mol. The molecule has 0 spiro atoms. The number of anilines is 1. The Balaban J connectivity index is 2.25. The highest BCUT2D eigenvalue weighted by molar-refractivity contribution is 5.98. The van der Waals surface area contributed by atoms with E-state index in [-0.39, 0.29) is 11.5 Å². The lowest BCUT2D eigenvalue weighted by Crippen LogP contribution is -2.50. The van der Waals surface area contributed by atoms with Gasteiger partial charge < -0.3 is 15.4 Å².